The number of rotatable bonds is 37. The van der Waals surface area contributed by atoms with Gasteiger partial charge < -0.3 is 56.9 Å². The van der Waals surface area contributed by atoms with Crippen LogP contribution in [0.3, 0.4) is 0 Å². The number of likely N-dealkylation sites (tertiary alicyclic amines) is 1. The number of carbonyl (C=O) groups is 11. The number of amides is 8. The van der Waals surface area contributed by atoms with Crippen LogP contribution in [0, 0.1) is 23.7 Å². The van der Waals surface area contributed by atoms with Crippen molar-refractivity contribution in [2.45, 2.75) is 187 Å². The molecule has 1 fully saturated rings. The maximum atomic E-state index is 14.9. The fourth-order valence-electron chi connectivity index (χ4n) is 10.1. The quantitative estimate of drug-likeness (QED) is 0.0146. The van der Waals surface area contributed by atoms with Crippen molar-refractivity contribution in [1.82, 2.24) is 46.8 Å². The molecule has 2 aromatic rings. The van der Waals surface area contributed by atoms with Crippen molar-refractivity contribution in [3.63, 3.8) is 0 Å². The molecule has 91 heavy (non-hydrogen) atoms. The van der Waals surface area contributed by atoms with Gasteiger partial charge >= 0.3 is 17.9 Å². The van der Waals surface area contributed by atoms with E-state index in [2.05, 4.69) is 54.7 Å². The number of anilines is 1. The molecular weight excluding hydrogens is 1200 g/mol. The first-order valence-corrected chi connectivity index (χ1v) is 31.8. The van der Waals surface area contributed by atoms with Crippen molar-refractivity contribution >= 4 is 82.2 Å². The van der Waals surface area contributed by atoms with E-state index in [1.165, 1.54) is 43.3 Å². The molecule has 26 nitrogen and oxygen atoms in total. The molecule has 1 aliphatic carbocycles. The lowest BCUT2D eigenvalue weighted by Crippen LogP contribution is -2.58. The molecule has 27 heteroatoms. The first-order valence-electron chi connectivity index (χ1n) is 30.9. The average molecular weight is 1290 g/mol. The van der Waals surface area contributed by atoms with Gasteiger partial charge in [0.1, 0.15) is 29.4 Å². The molecule has 1 unspecified atom stereocenters. The minimum Gasteiger partial charge on any atom is -0.481 e. The van der Waals surface area contributed by atoms with Gasteiger partial charge in [-0.3, -0.25) is 62.5 Å². The number of nitrogens with one attached hydrogen (secondary N) is 7. The van der Waals surface area contributed by atoms with Crippen LogP contribution in [0.25, 0.3) is 0 Å². The summed E-state index contributed by atoms with van der Waals surface area (Å²) >= 11 is 1.01. The van der Waals surface area contributed by atoms with Gasteiger partial charge in [0.25, 0.3) is 11.8 Å². The first-order chi connectivity index (χ1) is 43.2. The number of carbonyl (C=O) groups excluding carboxylic acids is 9. The van der Waals surface area contributed by atoms with E-state index in [1.54, 1.807) is 19.1 Å². The summed E-state index contributed by atoms with van der Waals surface area (Å²) in [6.45, 7) is 12.8. The summed E-state index contributed by atoms with van der Waals surface area (Å²) in [6.07, 6.45) is 15.8. The minimum atomic E-state index is -1.37. The monoisotopic (exact) mass is 1290 g/mol. The van der Waals surface area contributed by atoms with Gasteiger partial charge in [-0.2, -0.15) is 0 Å². The number of aromatic nitrogens is 1. The highest BCUT2D eigenvalue weighted by Gasteiger charge is 2.40. The highest BCUT2D eigenvalue weighted by atomic mass is 32.1. The van der Waals surface area contributed by atoms with Gasteiger partial charge in [0.15, 0.2) is 6.10 Å². The Hall–Kier alpha value is -8.06. The third-order valence-corrected chi connectivity index (χ3v) is 16.5. The molecule has 1 aliphatic heterocycles. The summed E-state index contributed by atoms with van der Waals surface area (Å²) in [7, 11) is 1.88. The van der Waals surface area contributed by atoms with Crippen molar-refractivity contribution in [3.05, 3.63) is 70.2 Å². The molecule has 0 saturated carbocycles. The van der Waals surface area contributed by atoms with Crippen LogP contribution in [0.15, 0.2) is 53.9 Å². The molecular formula is C64H92N10O16S. The molecule has 4 rings (SSSR count). The van der Waals surface area contributed by atoms with Gasteiger partial charge in [0.05, 0.1) is 49.8 Å². The summed E-state index contributed by atoms with van der Waals surface area (Å²) in [5.41, 5.74) is -0.156. The molecule has 2 heterocycles. The molecule has 1 saturated heterocycles. The zero-order chi connectivity index (χ0) is 67.2. The number of hydrogen-bond acceptors (Lipinski definition) is 17. The van der Waals surface area contributed by atoms with Crippen LogP contribution < -0.4 is 37.2 Å². The number of piperidine rings is 1. The van der Waals surface area contributed by atoms with Gasteiger partial charge in [-0.1, -0.05) is 76.0 Å². The number of nitrogens with zero attached hydrogens (tertiary/aromatic N) is 3. The van der Waals surface area contributed by atoms with Crippen molar-refractivity contribution in [3.8, 4) is 12.3 Å². The molecule has 1 aromatic carbocycles. The van der Waals surface area contributed by atoms with Crippen LogP contribution in [0.4, 0.5) is 5.69 Å². The van der Waals surface area contributed by atoms with E-state index in [4.69, 9.17) is 20.7 Å². The number of ether oxygens (including phenoxy) is 2. The van der Waals surface area contributed by atoms with Crippen LogP contribution in [0.2, 0.25) is 0 Å². The lowest BCUT2D eigenvalue weighted by Gasteiger charge is -2.38. The molecule has 2 aliphatic rings. The topological polar surface area (TPSA) is 359 Å². The molecule has 0 radical (unpaired) electrons. The minimum absolute atomic E-state index is 0.0322. The summed E-state index contributed by atoms with van der Waals surface area (Å²) in [4.78, 5) is 156. The second kappa shape index (κ2) is 38.6. The van der Waals surface area contributed by atoms with Crippen molar-refractivity contribution < 1.29 is 77.3 Å². The highest BCUT2D eigenvalue weighted by molar-refractivity contribution is 7.09. The standard InChI is InChI=1S/C64H92N10O16S/c1-10-12-20-31-89-74(62(85)57(41(5)11-2)72-60(84)49-23-18-19-30-73(49)9)50(40(3)4)33-51(90-42(6)75)61-71-48(39-91-61)59(83)69-45(34-64(7,8)63(86)87)32-43-24-26-44(27-25-43)68-58(82)47(28-29-56(80)81)70-54(78)37-66-52(76)35-65-53(77)36-67-55(79)38-88-46-21-16-14-13-15-17-22-46/h1,16,21,24-27,39,41,45-47,49-51,57H,3,11-15,17-20,22-23,28-38H2,2,4-9H3,(H,65,77)(H,66,76)(H,67,79)(H,68,82)(H,69,83)(H,70,78)(H,72,84)(H,80,81)(H,86,87)/t41-,45-,46?,47-,49+,50+,51+,57-/m0/s1. The van der Waals surface area contributed by atoms with Gasteiger partial charge in [-0.05, 0) is 116 Å². The van der Waals surface area contributed by atoms with Gasteiger partial charge in [-0.15, -0.1) is 23.7 Å². The summed E-state index contributed by atoms with van der Waals surface area (Å²) in [5, 5.41) is 40.4. The molecule has 0 spiro atoms. The predicted octanol–water partition coefficient (Wildman–Crippen LogP) is 4.66. The van der Waals surface area contributed by atoms with Crippen LogP contribution in [0.1, 0.15) is 165 Å². The third kappa shape index (κ3) is 26.7. The van der Waals surface area contributed by atoms with Gasteiger partial charge in [0, 0.05) is 43.3 Å². The fourth-order valence-corrected chi connectivity index (χ4v) is 10.9. The second-order valence-electron chi connectivity index (χ2n) is 23.7. The van der Waals surface area contributed by atoms with Crippen LogP contribution in [0.5, 0.6) is 0 Å². The lowest BCUT2D eigenvalue weighted by molar-refractivity contribution is -0.203. The maximum Gasteiger partial charge on any atom is 0.309 e. The smallest absolute Gasteiger partial charge is 0.309 e. The predicted molar refractivity (Wildman–Crippen MR) is 338 cm³/mol. The van der Waals surface area contributed by atoms with Crippen LogP contribution in [-0.2, 0) is 68.7 Å². The van der Waals surface area contributed by atoms with Gasteiger partial charge in [-0.25, -0.2) is 10.0 Å². The number of carboxylic acids is 2. The number of terminal acetylenes is 1. The number of thiazole rings is 1. The van der Waals surface area contributed by atoms with E-state index in [0.717, 1.165) is 62.8 Å². The normalized spacial score (nSPS) is 17.0. The average Bonchev–Trinajstić information content (AvgIpc) is 1.91. The zero-order valence-electron chi connectivity index (χ0n) is 53.4. The molecule has 0 bridgehead atoms. The Balaban J connectivity index is 1.43. The summed E-state index contributed by atoms with van der Waals surface area (Å²) < 4.78 is 11.5. The van der Waals surface area contributed by atoms with E-state index in [-0.39, 0.29) is 73.2 Å². The van der Waals surface area contributed by atoms with Crippen LogP contribution >= 0.6 is 11.3 Å². The largest absolute Gasteiger partial charge is 0.481 e. The summed E-state index contributed by atoms with van der Waals surface area (Å²) in [5.74, 6) is -5.92. The number of hydrogen-bond donors (Lipinski definition) is 9. The number of unbranched alkanes of at least 4 members (excludes halogenated alkanes) is 1. The highest BCUT2D eigenvalue weighted by Crippen LogP contribution is 2.32. The zero-order valence-corrected chi connectivity index (χ0v) is 54.2. The molecule has 500 valence electrons. The van der Waals surface area contributed by atoms with Crippen molar-refractivity contribution in [2.24, 2.45) is 11.3 Å². The Kier molecular flexibility index (Phi) is 32.0. The Labute approximate surface area is 536 Å². The Bertz CT molecular complexity index is 2910. The number of hydroxylamine groups is 2. The Morgan fingerprint density at radius 3 is 2.19 bits per heavy atom. The van der Waals surface area contributed by atoms with E-state index in [9.17, 15) is 63.0 Å². The number of aliphatic carboxylic acids is 2. The van der Waals surface area contributed by atoms with Crippen molar-refractivity contribution in [1.29, 1.82) is 0 Å². The number of likely N-dealkylation sites (N-methyl/N-ethyl adjacent to an activating group) is 1. The Morgan fingerprint density at radius 1 is 0.890 bits per heavy atom. The van der Waals surface area contributed by atoms with E-state index in [0.29, 0.717) is 36.8 Å². The molecule has 8 atom stereocenters. The molecule has 9 N–H and O–H groups in total. The molecule has 1 aromatic heterocycles. The third-order valence-electron chi connectivity index (χ3n) is 15.5. The number of carboxylic acid groups (broad SMARTS) is 2. The van der Waals surface area contributed by atoms with E-state index >= 15 is 0 Å². The second-order valence-corrected chi connectivity index (χ2v) is 24.6. The van der Waals surface area contributed by atoms with E-state index in [1.807, 2.05) is 37.9 Å². The van der Waals surface area contributed by atoms with Crippen molar-refractivity contribution in [2.75, 3.05) is 51.8 Å². The number of esters is 1. The summed E-state index contributed by atoms with van der Waals surface area (Å²) in [6, 6.07) is 1.68. The fraction of sp³-hybridized carbons (Fsp3) is 0.594. The van der Waals surface area contributed by atoms with Gasteiger partial charge in [0.2, 0.25) is 35.4 Å². The van der Waals surface area contributed by atoms with Crippen LogP contribution in [-0.4, -0.2) is 173 Å². The maximum absolute atomic E-state index is 14.9. The molecule has 8 amide bonds. The number of benzene rings is 1. The van der Waals surface area contributed by atoms with E-state index < -0.39 is 127 Å². The lowest BCUT2D eigenvalue weighted by atomic mass is 9.84. The number of allylic oxidation sites excluding steroid dienone is 1. The SMILES string of the molecule is C#CCCCON(C(=O)[C@@H](NC(=O)[C@H]1CCCCN1C)[C@@H](C)CC)[C@H](C[C@@H](OC(C)=O)c1nc(C(=O)N[C@@H](Cc2ccc(NC(=O)[C@H](CCC(=O)O)NC(=O)CNC(=O)CNC(=O)CNC(=O)COC3C=CCCCCC3)cc2)CC(C)(C)C(=O)O)cs1)C(=C)C. The first kappa shape index (κ1) is 75.4. The Morgan fingerprint density at radius 2 is 1.56 bits per heavy atom.